The molecule has 0 saturated heterocycles. The van der Waals surface area contributed by atoms with Crippen molar-refractivity contribution in [1.29, 1.82) is 0 Å². The second-order valence-corrected chi connectivity index (χ2v) is 2.48. The maximum Gasteiger partial charge on any atom is 0.0329 e. The van der Waals surface area contributed by atoms with Crippen molar-refractivity contribution in [3.63, 3.8) is 0 Å². The Morgan fingerprint density at radius 3 is 2.33 bits per heavy atom. The topological polar surface area (TPSA) is 3.24 Å². The van der Waals surface area contributed by atoms with Crippen LogP contribution in [0.5, 0.6) is 0 Å². The Bertz CT molecular complexity index is 211. The average molecular weight is 163 g/mol. The highest BCUT2D eigenvalue weighted by Crippen LogP contribution is 2.10. The van der Waals surface area contributed by atoms with E-state index in [4.69, 9.17) is 0 Å². The quantitative estimate of drug-likeness (QED) is 0.563. The van der Waals surface area contributed by atoms with Crippen LogP contribution in [0.3, 0.4) is 0 Å². The predicted molar refractivity (Wildman–Crippen MR) is 55.7 cm³/mol. The summed E-state index contributed by atoms with van der Waals surface area (Å²) >= 11 is 0. The van der Waals surface area contributed by atoms with Crippen LogP contribution >= 0.6 is 0 Å². The number of allylic oxidation sites excluding steroid dienone is 4. The molecule has 0 aliphatic carbocycles. The normalized spacial score (nSPS) is 10.7. The summed E-state index contributed by atoms with van der Waals surface area (Å²) in [5.74, 6) is 0. The molecule has 0 spiro atoms. The first-order chi connectivity index (χ1) is 5.67. The lowest BCUT2D eigenvalue weighted by Crippen LogP contribution is -2.18. The Morgan fingerprint density at radius 1 is 1.42 bits per heavy atom. The van der Waals surface area contributed by atoms with Crippen molar-refractivity contribution >= 4 is 0 Å². The van der Waals surface area contributed by atoms with E-state index in [1.165, 1.54) is 0 Å². The molecule has 1 heteroatoms. The van der Waals surface area contributed by atoms with Gasteiger partial charge in [-0.15, -0.1) is 0 Å². The minimum Gasteiger partial charge on any atom is -0.346 e. The summed E-state index contributed by atoms with van der Waals surface area (Å²) in [4.78, 5) is 2.08. The van der Waals surface area contributed by atoms with Crippen molar-refractivity contribution in [3.8, 4) is 0 Å². The summed E-state index contributed by atoms with van der Waals surface area (Å²) in [5.41, 5.74) is 2.06. The van der Waals surface area contributed by atoms with E-state index >= 15 is 0 Å². The highest BCUT2D eigenvalue weighted by molar-refractivity contribution is 5.19. The molecule has 0 rings (SSSR count). The maximum atomic E-state index is 3.88. The molecule has 0 aromatic heterocycles. The monoisotopic (exact) mass is 163 g/mol. The highest BCUT2D eigenvalue weighted by atomic mass is 15.1. The SMILES string of the molecule is C=C/C=C(\C)N(CC)C(=C)C=C. The summed E-state index contributed by atoms with van der Waals surface area (Å²) in [6.07, 6.45) is 5.48. The van der Waals surface area contributed by atoms with E-state index in [0.29, 0.717) is 0 Å². The van der Waals surface area contributed by atoms with Crippen LogP contribution < -0.4 is 0 Å². The molecule has 0 unspecified atom stereocenters. The van der Waals surface area contributed by atoms with Crippen molar-refractivity contribution in [3.05, 3.63) is 49.4 Å². The molecule has 0 fully saturated rings. The van der Waals surface area contributed by atoms with E-state index in [9.17, 15) is 0 Å². The lowest BCUT2D eigenvalue weighted by atomic mass is 10.3. The van der Waals surface area contributed by atoms with Gasteiger partial charge in [0.05, 0.1) is 0 Å². The summed E-state index contributed by atoms with van der Waals surface area (Å²) in [6, 6.07) is 0. The van der Waals surface area contributed by atoms with Gasteiger partial charge in [0, 0.05) is 17.9 Å². The maximum absolute atomic E-state index is 3.88. The highest BCUT2D eigenvalue weighted by Gasteiger charge is 2.02. The standard InChI is InChI=1S/C11H17N/c1-6-9-11(5)12(8-3)10(4)7-2/h6-7,9H,1-2,4,8H2,3,5H3/b11-9+. The van der Waals surface area contributed by atoms with Gasteiger partial charge in [0.1, 0.15) is 0 Å². The van der Waals surface area contributed by atoms with Gasteiger partial charge in [0.25, 0.3) is 0 Å². The van der Waals surface area contributed by atoms with Crippen LogP contribution in [0.4, 0.5) is 0 Å². The van der Waals surface area contributed by atoms with E-state index in [0.717, 1.165) is 17.9 Å². The minimum atomic E-state index is 0.904. The van der Waals surface area contributed by atoms with Crippen molar-refractivity contribution in [2.24, 2.45) is 0 Å². The zero-order chi connectivity index (χ0) is 9.56. The molecule has 0 aromatic carbocycles. The van der Waals surface area contributed by atoms with Crippen molar-refractivity contribution in [2.45, 2.75) is 13.8 Å². The van der Waals surface area contributed by atoms with Crippen LogP contribution in [0, 0.1) is 0 Å². The van der Waals surface area contributed by atoms with Gasteiger partial charge < -0.3 is 4.90 Å². The van der Waals surface area contributed by atoms with Gasteiger partial charge in [-0.3, -0.25) is 0 Å². The molecule has 0 atom stereocenters. The second kappa shape index (κ2) is 5.42. The fraction of sp³-hybridized carbons (Fsp3) is 0.273. The van der Waals surface area contributed by atoms with Gasteiger partial charge in [0.15, 0.2) is 0 Å². The Morgan fingerprint density at radius 2 is 2.00 bits per heavy atom. The fourth-order valence-corrected chi connectivity index (χ4v) is 1.05. The third-order valence-electron chi connectivity index (χ3n) is 1.68. The van der Waals surface area contributed by atoms with Gasteiger partial charge in [-0.25, -0.2) is 0 Å². The van der Waals surface area contributed by atoms with E-state index < -0.39 is 0 Å². The van der Waals surface area contributed by atoms with E-state index in [1.54, 1.807) is 12.2 Å². The van der Waals surface area contributed by atoms with Gasteiger partial charge >= 0.3 is 0 Å². The molecular formula is C11H17N. The Hall–Kier alpha value is -1.24. The molecule has 66 valence electrons. The molecule has 0 saturated carbocycles. The van der Waals surface area contributed by atoms with Crippen LogP contribution in [-0.2, 0) is 0 Å². The zero-order valence-electron chi connectivity index (χ0n) is 8.01. The summed E-state index contributed by atoms with van der Waals surface area (Å²) in [7, 11) is 0. The molecule has 0 bridgehead atoms. The summed E-state index contributed by atoms with van der Waals surface area (Å²) < 4.78 is 0. The van der Waals surface area contributed by atoms with E-state index in [-0.39, 0.29) is 0 Å². The Balaban J connectivity index is 4.54. The van der Waals surface area contributed by atoms with E-state index in [1.807, 2.05) is 13.0 Å². The molecule has 0 radical (unpaired) electrons. The largest absolute Gasteiger partial charge is 0.346 e. The third-order valence-corrected chi connectivity index (χ3v) is 1.68. The first-order valence-corrected chi connectivity index (χ1v) is 4.05. The molecule has 0 heterocycles. The molecule has 0 aromatic rings. The molecular weight excluding hydrogens is 146 g/mol. The number of hydrogen-bond donors (Lipinski definition) is 0. The van der Waals surface area contributed by atoms with Gasteiger partial charge in [-0.2, -0.15) is 0 Å². The van der Waals surface area contributed by atoms with Gasteiger partial charge in [-0.05, 0) is 26.0 Å². The molecule has 0 aliphatic rings. The molecule has 1 nitrogen and oxygen atoms in total. The van der Waals surface area contributed by atoms with E-state index in [2.05, 4.69) is 31.6 Å². The Kier molecular flexibility index (Phi) is 4.86. The summed E-state index contributed by atoms with van der Waals surface area (Å²) in [6.45, 7) is 16.2. The number of likely N-dealkylation sites (N-methyl/N-ethyl adjacent to an activating group) is 1. The fourth-order valence-electron chi connectivity index (χ4n) is 1.05. The average Bonchev–Trinajstić information content (AvgIpc) is 2.06. The molecule has 12 heavy (non-hydrogen) atoms. The van der Waals surface area contributed by atoms with Crippen molar-refractivity contribution in [1.82, 2.24) is 4.90 Å². The minimum absolute atomic E-state index is 0.904. The van der Waals surface area contributed by atoms with Gasteiger partial charge in [-0.1, -0.05) is 25.8 Å². The Labute approximate surface area is 75.4 Å². The number of nitrogens with zero attached hydrogens (tertiary/aromatic N) is 1. The first kappa shape index (κ1) is 10.8. The molecule has 0 N–H and O–H groups in total. The lowest BCUT2D eigenvalue weighted by Gasteiger charge is -2.23. The first-order valence-electron chi connectivity index (χ1n) is 4.05. The van der Waals surface area contributed by atoms with Crippen LogP contribution in [0.1, 0.15) is 13.8 Å². The zero-order valence-corrected chi connectivity index (χ0v) is 8.01. The van der Waals surface area contributed by atoms with Crippen molar-refractivity contribution < 1.29 is 0 Å². The molecule has 0 aliphatic heterocycles. The lowest BCUT2D eigenvalue weighted by molar-refractivity contribution is 0.467. The van der Waals surface area contributed by atoms with Gasteiger partial charge in [0.2, 0.25) is 0 Å². The van der Waals surface area contributed by atoms with Crippen LogP contribution in [0.2, 0.25) is 0 Å². The third kappa shape index (κ3) is 2.79. The molecule has 0 amide bonds. The van der Waals surface area contributed by atoms with Crippen LogP contribution in [0.25, 0.3) is 0 Å². The van der Waals surface area contributed by atoms with Crippen molar-refractivity contribution in [2.75, 3.05) is 6.54 Å². The summed E-state index contributed by atoms with van der Waals surface area (Å²) in [5, 5.41) is 0. The van der Waals surface area contributed by atoms with Crippen LogP contribution in [0.15, 0.2) is 49.4 Å². The number of hydrogen-bond acceptors (Lipinski definition) is 1. The smallest absolute Gasteiger partial charge is 0.0329 e. The van der Waals surface area contributed by atoms with Crippen LogP contribution in [-0.4, -0.2) is 11.4 Å². The number of rotatable bonds is 5. The second-order valence-electron chi connectivity index (χ2n) is 2.48. The predicted octanol–water partition coefficient (Wildman–Crippen LogP) is 3.10.